The van der Waals surface area contributed by atoms with Crippen LogP contribution in [0, 0.1) is 6.92 Å². The van der Waals surface area contributed by atoms with E-state index >= 15 is 0 Å². The van der Waals surface area contributed by atoms with Gasteiger partial charge < -0.3 is 10.5 Å². The predicted octanol–water partition coefficient (Wildman–Crippen LogP) is 1.91. The number of ether oxygens (including phenoxy) is 1. The number of aryl methyl sites for hydroxylation is 1. The van der Waals surface area contributed by atoms with E-state index in [1.165, 1.54) is 4.31 Å². The second-order valence-corrected chi connectivity index (χ2v) is 7.30. The number of benzene rings is 1. The summed E-state index contributed by atoms with van der Waals surface area (Å²) >= 11 is 0. The van der Waals surface area contributed by atoms with Crippen molar-refractivity contribution in [1.29, 1.82) is 0 Å². The lowest BCUT2D eigenvalue weighted by molar-refractivity contribution is 0.0912. The Morgan fingerprint density at radius 1 is 1.33 bits per heavy atom. The Kier molecular flexibility index (Phi) is 7.14. The number of rotatable bonds is 9. The summed E-state index contributed by atoms with van der Waals surface area (Å²) in [6.45, 7) is 6.77. The molecule has 1 aromatic carbocycles. The normalized spacial score (nSPS) is 11.9. The molecule has 0 aliphatic rings. The molecule has 0 aliphatic carbocycles. The highest BCUT2D eigenvalue weighted by molar-refractivity contribution is 7.92. The van der Waals surface area contributed by atoms with Crippen molar-refractivity contribution >= 4 is 15.7 Å². The van der Waals surface area contributed by atoms with Gasteiger partial charge in [-0.1, -0.05) is 12.1 Å². The van der Waals surface area contributed by atoms with Gasteiger partial charge in [0.25, 0.3) is 0 Å². The summed E-state index contributed by atoms with van der Waals surface area (Å²) in [4.78, 5) is 0. The van der Waals surface area contributed by atoms with Crippen LogP contribution >= 0.6 is 0 Å². The Morgan fingerprint density at radius 3 is 2.62 bits per heavy atom. The maximum Gasteiger partial charge on any atom is 0.237 e. The number of nitrogens with zero attached hydrogens (tertiary/aromatic N) is 1. The van der Waals surface area contributed by atoms with E-state index < -0.39 is 10.0 Å². The highest BCUT2D eigenvalue weighted by atomic mass is 32.2. The highest BCUT2D eigenvalue weighted by Crippen LogP contribution is 2.20. The van der Waals surface area contributed by atoms with Crippen LogP contribution in [-0.2, 0) is 14.8 Å². The third kappa shape index (κ3) is 6.03. The Hall–Kier alpha value is -1.11. The minimum Gasteiger partial charge on any atom is -0.378 e. The zero-order chi connectivity index (χ0) is 15.9. The molecule has 0 fully saturated rings. The van der Waals surface area contributed by atoms with E-state index in [1.807, 2.05) is 45.0 Å². The zero-order valence-electron chi connectivity index (χ0n) is 13.1. The summed E-state index contributed by atoms with van der Waals surface area (Å²) in [6.07, 6.45) is 0.648. The largest absolute Gasteiger partial charge is 0.378 e. The summed E-state index contributed by atoms with van der Waals surface area (Å²) in [7, 11) is -3.41. The van der Waals surface area contributed by atoms with E-state index in [1.54, 1.807) is 0 Å². The molecule has 1 aromatic rings. The van der Waals surface area contributed by atoms with E-state index in [2.05, 4.69) is 0 Å². The van der Waals surface area contributed by atoms with Crippen molar-refractivity contribution in [3.05, 3.63) is 29.8 Å². The van der Waals surface area contributed by atoms with E-state index in [4.69, 9.17) is 10.5 Å². The Balaban J connectivity index is 2.90. The maximum atomic E-state index is 12.5. The van der Waals surface area contributed by atoms with Gasteiger partial charge in [0, 0.05) is 6.54 Å². The number of hydrogen-bond acceptors (Lipinski definition) is 4. The van der Waals surface area contributed by atoms with Gasteiger partial charge in [-0.25, -0.2) is 8.42 Å². The van der Waals surface area contributed by atoms with E-state index in [9.17, 15) is 8.42 Å². The summed E-state index contributed by atoms with van der Waals surface area (Å²) in [5.74, 6) is -0.0241. The van der Waals surface area contributed by atoms with Crippen LogP contribution in [0.4, 0.5) is 5.69 Å². The van der Waals surface area contributed by atoms with E-state index in [0.29, 0.717) is 25.2 Å². The summed E-state index contributed by atoms with van der Waals surface area (Å²) in [6, 6.07) is 7.49. The average Bonchev–Trinajstić information content (AvgIpc) is 2.38. The average molecular weight is 314 g/mol. The Labute approximate surface area is 128 Å². The fourth-order valence-electron chi connectivity index (χ4n) is 1.95. The van der Waals surface area contributed by atoms with Gasteiger partial charge in [0.2, 0.25) is 10.0 Å². The zero-order valence-corrected chi connectivity index (χ0v) is 13.9. The van der Waals surface area contributed by atoms with E-state index in [0.717, 1.165) is 5.56 Å². The summed E-state index contributed by atoms with van der Waals surface area (Å²) in [5.41, 5.74) is 7.24. The third-order valence-electron chi connectivity index (χ3n) is 2.98. The monoisotopic (exact) mass is 314 g/mol. The molecule has 0 saturated carbocycles. The molecule has 6 heteroatoms. The molecule has 0 saturated heterocycles. The summed E-state index contributed by atoms with van der Waals surface area (Å²) in [5, 5.41) is 0. The molecule has 0 atom stereocenters. The van der Waals surface area contributed by atoms with Gasteiger partial charge in [-0.3, -0.25) is 4.31 Å². The number of sulfonamides is 1. The minimum atomic E-state index is -3.41. The molecular formula is C15H26N2O3S. The fraction of sp³-hybridized carbons (Fsp3) is 0.600. The molecule has 1 rings (SSSR count). The standard InChI is InChI=1S/C15H26N2O3S/c1-13(2)20-10-11-21(18,19)17(9-5-8-16)15-7-4-6-14(3)12-15/h4,6-7,12-13H,5,8-11,16H2,1-3H3. The van der Waals surface area contributed by atoms with Crippen LogP contribution in [0.1, 0.15) is 25.8 Å². The lowest BCUT2D eigenvalue weighted by Gasteiger charge is -2.25. The van der Waals surface area contributed by atoms with Gasteiger partial charge in [0.15, 0.2) is 0 Å². The lowest BCUT2D eigenvalue weighted by Crippen LogP contribution is -2.36. The molecule has 0 heterocycles. The van der Waals surface area contributed by atoms with E-state index in [-0.39, 0.29) is 18.5 Å². The van der Waals surface area contributed by atoms with Crippen LogP contribution in [0.5, 0.6) is 0 Å². The SMILES string of the molecule is Cc1cccc(N(CCCN)S(=O)(=O)CCOC(C)C)c1. The van der Waals surface area contributed by atoms with Crippen molar-refractivity contribution in [2.75, 3.05) is 29.8 Å². The molecule has 0 radical (unpaired) electrons. The van der Waals surface area contributed by atoms with Gasteiger partial charge in [-0.15, -0.1) is 0 Å². The molecule has 0 amide bonds. The van der Waals surface area contributed by atoms with Gasteiger partial charge >= 0.3 is 0 Å². The van der Waals surface area contributed by atoms with Crippen LogP contribution in [0.2, 0.25) is 0 Å². The lowest BCUT2D eigenvalue weighted by atomic mass is 10.2. The molecule has 0 unspecified atom stereocenters. The molecule has 0 spiro atoms. The fourth-order valence-corrected chi connectivity index (χ4v) is 3.32. The van der Waals surface area contributed by atoms with Crippen molar-refractivity contribution in [2.24, 2.45) is 5.73 Å². The molecule has 21 heavy (non-hydrogen) atoms. The molecule has 0 aromatic heterocycles. The predicted molar refractivity (Wildman–Crippen MR) is 87.1 cm³/mol. The van der Waals surface area contributed by atoms with Gasteiger partial charge in [-0.05, 0) is 51.4 Å². The molecular weight excluding hydrogens is 288 g/mol. The first-order valence-corrected chi connectivity index (χ1v) is 8.86. The molecule has 0 aliphatic heterocycles. The second kappa shape index (κ2) is 8.36. The van der Waals surface area contributed by atoms with Crippen molar-refractivity contribution in [1.82, 2.24) is 0 Å². The maximum absolute atomic E-state index is 12.5. The number of hydrogen-bond donors (Lipinski definition) is 1. The molecule has 120 valence electrons. The topological polar surface area (TPSA) is 72.6 Å². The van der Waals surface area contributed by atoms with Gasteiger partial charge in [0.1, 0.15) is 0 Å². The highest BCUT2D eigenvalue weighted by Gasteiger charge is 2.22. The van der Waals surface area contributed by atoms with Crippen molar-refractivity contribution in [3.63, 3.8) is 0 Å². The van der Waals surface area contributed by atoms with Crippen LogP contribution < -0.4 is 10.0 Å². The van der Waals surface area contributed by atoms with Crippen LogP contribution in [-0.4, -0.2) is 40.0 Å². The smallest absolute Gasteiger partial charge is 0.237 e. The van der Waals surface area contributed by atoms with Crippen LogP contribution in [0.3, 0.4) is 0 Å². The minimum absolute atomic E-state index is 0.0241. The Bertz CT molecular complexity index is 529. The van der Waals surface area contributed by atoms with Gasteiger partial charge in [-0.2, -0.15) is 0 Å². The van der Waals surface area contributed by atoms with Crippen molar-refractivity contribution in [2.45, 2.75) is 33.3 Å². The first kappa shape index (κ1) is 17.9. The van der Waals surface area contributed by atoms with Crippen LogP contribution in [0.25, 0.3) is 0 Å². The van der Waals surface area contributed by atoms with Gasteiger partial charge in [0.05, 0.1) is 24.2 Å². The van der Waals surface area contributed by atoms with Crippen LogP contribution in [0.15, 0.2) is 24.3 Å². The quantitative estimate of drug-likeness (QED) is 0.755. The second-order valence-electron chi connectivity index (χ2n) is 5.29. The number of nitrogens with two attached hydrogens (primary N) is 1. The van der Waals surface area contributed by atoms with Crippen molar-refractivity contribution in [3.8, 4) is 0 Å². The first-order valence-electron chi connectivity index (χ1n) is 7.25. The molecule has 0 bridgehead atoms. The Morgan fingerprint density at radius 2 is 2.05 bits per heavy atom. The third-order valence-corrected chi connectivity index (χ3v) is 4.73. The van der Waals surface area contributed by atoms with Crippen molar-refractivity contribution < 1.29 is 13.2 Å². The molecule has 5 nitrogen and oxygen atoms in total. The summed E-state index contributed by atoms with van der Waals surface area (Å²) < 4.78 is 31.9. The number of anilines is 1. The molecule has 2 N–H and O–H groups in total. The first-order chi connectivity index (χ1) is 9.86.